The van der Waals surface area contributed by atoms with Crippen LogP contribution in [0.5, 0.6) is 5.75 Å². The molecule has 2 aromatic carbocycles. The van der Waals surface area contributed by atoms with E-state index in [0.717, 1.165) is 11.8 Å². The van der Waals surface area contributed by atoms with Gasteiger partial charge in [-0.25, -0.2) is 4.39 Å². The fourth-order valence-corrected chi connectivity index (χ4v) is 1.46. The molecule has 2 rings (SSSR count). The molecule has 0 radical (unpaired) electrons. The van der Waals surface area contributed by atoms with Gasteiger partial charge in [0.05, 0.1) is 0 Å². The van der Waals surface area contributed by atoms with E-state index in [0.29, 0.717) is 12.2 Å². The van der Waals surface area contributed by atoms with Gasteiger partial charge in [-0.1, -0.05) is 30.3 Å². The highest BCUT2D eigenvalue weighted by atomic mass is 19.1. The zero-order valence-corrected chi connectivity index (χ0v) is 9.19. The van der Waals surface area contributed by atoms with Gasteiger partial charge in [-0.2, -0.15) is 0 Å². The number of halogens is 1. The molecular weight excluding hydrogens is 217 g/mol. The molecular formula is C14H12FNO. The van der Waals surface area contributed by atoms with Gasteiger partial charge in [0.1, 0.15) is 6.61 Å². The quantitative estimate of drug-likeness (QED) is 0.801. The van der Waals surface area contributed by atoms with Crippen LogP contribution in [-0.2, 0) is 6.61 Å². The van der Waals surface area contributed by atoms with Crippen molar-refractivity contribution in [2.24, 2.45) is 0 Å². The molecule has 0 saturated heterocycles. The van der Waals surface area contributed by atoms with E-state index < -0.39 is 5.82 Å². The van der Waals surface area contributed by atoms with E-state index in [2.05, 4.69) is 0 Å². The molecule has 0 spiro atoms. The summed E-state index contributed by atoms with van der Waals surface area (Å²) < 4.78 is 18.9. The first-order chi connectivity index (χ1) is 8.29. The van der Waals surface area contributed by atoms with Gasteiger partial charge in [-0.3, -0.25) is 0 Å². The number of hydrogen-bond donors (Lipinski definition) is 1. The average Bonchev–Trinajstić information content (AvgIpc) is 2.38. The molecule has 0 atom stereocenters. The van der Waals surface area contributed by atoms with Crippen LogP contribution < -0.4 is 4.74 Å². The zero-order chi connectivity index (χ0) is 12.1. The lowest BCUT2D eigenvalue weighted by atomic mass is 10.2. The smallest absolute Gasteiger partial charge is 0.165 e. The zero-order valence-electron chi connectivity index (χ0n) is 9.19. The lowest BCUT2D eigenvalue weighted by molar-refractivity contribution is 0.290. The summed E-state index contributed by atoms with van der Waals surface area (Å²) in [6.45, 7) is 0.335. The van der Waals surface area contributed by atoms with Crippen molar-refractivity contribution in [2.75, 3.05) is 0 Å². The first-order valence-corrected chi connectivity index (χ1v) is 5.26. The maximum absolute atomic E-state index is 13.5. The van der Waals surface area contributed by atoms with E-state index >= 15 is 0 Å². The maximum atomic E-state index is 13.5. The lowest BCUT2D eigenvalue weighted by Crippen LogP contribution is -1.97. The normalized spacial score (nSPS) is 9.94. The summed E-state index contributed by atoms with van der Waals surface area (Å²) >= 11 is 0. The molecule has 0 aliphatic rings. The molecule has 3 heteroatoms. The van der Waals surface area contributed by atoms with Crippen molar-refractivity contribution < 1.29 is 9.13 Å². The third-order valence-corrected chi connectivity index (χ3v) is 2.36. The Morgan fingerprint density at radius 2 is 1.88 bits per heavy atom. The molecule has 0 aliphatic carbocycles. The molecule has 0 aliphatic heterocycles. The van der Waals surface area contributed by atoms with Crippen molar-refractivity contribution in [3.63, 3.8) is 0 Å². The molecule has 0 heterocycles. The van der Waals surface area contributed by atoms with E-state index in [-0.39, 0.29) is 5.75 Å². The summed E-state index contributed by atoms with van der Waals surface area (Å²) in [5.74, 6) is -0.235. The van der Waals surface area contributed by atoms with E-state index in [4.69, 9.17) is 10.1 Å². The number of ether oxygens (including phenoxy) is 1. The van der Waals surface area contributed by atoms with E-state index in [9.17, 15) is 4.39 Å². The molecule has 0 saturated carbocycles. The Morgan fingerprint density at radius 3 is 2.53 bits per heavy atom. The maximum Gasteiger partial charge on any atom is 0.165 e. The van der Waals surface area contributed by atoms with E-state index in [1.54, 1.807) is 12.1 Å². The van der Waals surface area contributed by atoms with Gasteiger partial charge in [0.2, 0.25) is 0 Å². The second-order valence-electron chi connectivity index (χ2n) is 3.61. The highest BCUT2D eigenvalue weighted by Gasteiger charge is 2.03. The van der Waals surface area contributed by atoms with Crippen LogP contribution in [0.25, 0.3) is 0 Å². The molecule has 17 heavy (non-hydrogen) atoms. The van der Waals surface area contributed by atoms with Crippen LogP contribution in [-0.4, -0.2) is 6.21 Å². The van der Waals surface area contributed by atoms with Gasteiger partial charge in [-0.15, -0.1) is 0 Å². The molecule has 0 unspecified atom stereocenters. The Kier molecular flexibility index (Phi) is 3.50. The predicted octanol–water partition coefficient (Wildman–Crippen LogP) is 3.40. The molecule has 2 nitrogen and oxygen atoms in total. The molecule has 0 aromatic heterocycles. The minimum atomic E-state index is -0.443. The van der Waals surface area contributed by atoms with Gasteiger partial charge in [0.15, 0.2) is 11.6 Å². The fourth-order valence-electron chi connectivity index (χ4n) is 1.46. The van der Waals surface area contributed by atoms with E-state index in [1.807, 2.05) is 30.3 Å². The molecule has 2 aromatic rings. The van der Waals surface area contributed by atoms with Gasteiger partial charge in [0, 0.05) is 6.21 Å². The monoisotopic (exact) mass is 229 g/mol. The van der Waals surface area contributed by atoms with Crippen molar-refractivity contribution in [2.45, 2.75) is 6.61 Å². The second-order valence-corrected chi connectivity index (χ2v) is 3.61. The summed E-state index contributed by atoms with van der Waals surface area (Å²) in [6.07, 6.45) is 1.10. The van der Waals surface area contributed by atoms with Crippen LogP contribution in [0, 0.1) is 11.2 Å². The SMILES string of the molecule is N=Cc1ccc(OCc2ccccc2)c(F)c1. The standard InChI is InChI=1S/C14H12FNO/c15-13-8-12(9-16)6-7-14(13)17-10-11-4-2-1-3-5-11/h1-9,16H,10H2. The van der Waals surface area contributed by atoms with Crippen molar-refractivity contribution in [3.8, 4) is 5.75 Å². The average molecular weight is 229 g/mol. The third kappa shape index (κ3) is 2.91. The Bertz CT molecular complexity index is 511. The molecule has 0 fully saturated rings. The highest BCUT2D eigenvalue weighted by molar-refractivity contribution is 5.77. The summed E-state index contributed by atoms with van der Waals surface area (Å²) in [4.78, 5) is 0. The topological polar surface area (TPSA) is 33.1 Å². The van der Waals surface area contributed by atoms with Gasteiger partial charge >= 0.3 is 0 Å². The molecule has 1 N–H and O–H groups in total. The van der Waals surface area contributed by atoms with Crippen molar-refractivity contribution in [3.05, 3.63) is 65.5 Å². The Balaban J connectivity index is 2.07. The van der Waals surface area contributed by atoms with Crippen molar-refractivity contribution >= 4 is 6.21 Å². The van der Waals surface area contributed by atoms with Crippen molar-refractivity contribution in [1.82, 2.24) is 0 Å². The van der Waals surface area contributed by atoms with Gasteiger partial charge in [-0.05, 0) is 29.3 Å². The first-order valence-electron chi connectivity index (χ1n) is 5.26. The predicted molar refractivity (Wildman–Crippen MR) is 65.1 cm³/mol. The number of hydrogen-bond acceptors (Lipinski definition) is 2. The number of rotatable bonds is 4. The molecule has 86 valence electrons. The largest absolute Gasteiger partial charge is 0.486 e. The van der Waals surface area contributed by atoms with Gasteiger partial charge in [0.25, 0.3) is 0 Å². The summed E-state index contributed by atoms with van der Waals surface area (Å²) in [5, 5.41) is 7.01. The van der Waals surface area contributed by atoms with Crippen LogP contribution >= 0.6 is 0 Å². The minimum Gasteiger partial charge on any atom is -0.486 e. The first kappa shape index (κ1) is 11.3. The lowest BCUT2D eigenvalue weighted by Gasteiger charge is -2.07. The summed E-state index contributed by atoms with van der Waals surface area (Å²) in [5.41, 5.74) is 1.51. The Morgan fingerprint density at radius 1 is 1.12 bits per heavy atom. The van der Waals surface area contributed by atoms with Gasteiger partial charge < -0.3 is 10.1 Å². The second kappa shape index (κ2) is 5.25. The highest BCUT2D eigenvalue weighted by Crippen LogP contribution is 2.18. The third-order valence-electron chi connectivity index (χ3n) is 2.36. The van der Waals surface area contributed by atoms with Crippen molar-refractivity contribution in [1.29, 1.82) is 5.41 Å². The van der Waals surface area contributed by atoms with E-state index in [1.165, 1.54) is 6.07 Å². The Hall–Kier alpha value is -2.16. The molecule has 0 amide bonds. The van der Waals surface area contributed by atoms with Crippen LogP contribution in [0.1, 0.15) is 11.1 Å². The van der Waals surface area contributed by atoms with Crippen LogP contribution in [0.15, 0.2) is 48.5 Å². The van der Waals surface area contributed by atoms with Crippen LogP contribution in [0.2, 0.25) is 0 Å². The summed E-state index contributed by atoms with van der Waals surface area (Å²) in [7, 11) is 0. The minimum absolute atomic E-state index is 0.208. The Labute approximate surface area is 99.2 Å². The number of nitrogens with one attached hydrogen (secondary N) is 1. The fraction of sp³-hybridized carbons (Fsp3) is 0.0714. The van der Waals surface area contributed by atoms with Crippen LogP contribution in [0.3, 0.4) is 0 Å². The summed E-state index contributed by atoms with van der Waals surface area (Å²) in [6, 6.07) is 14.1. The molecule has 0 bridgehead atoms. The van der Waals surface area contributed by atoms with Crippen LogP contribution in [0.4, 0.5) is 4.39 Å². The number of benzene rings is 2.